The zero-order valence-corrected chi connectivity index (χ0v) is 10.3. The molecule has 3 heteroatoms. The van der Waals surface area contributed by atoms with Crippen molar-refractivity contribution in [3.05, 3.63) is 59.1 Å². The van der Waals surface area contributed by atoms with Gasteiger partial charge in [-0.25, -0.2) is 0 Å². The van der Waals surface area contributed by atoms with Gasteiger partial charge in [0, 0.05) is 28.9 Å². The molecule has 0 atom stereocenters. The van der Waals surface area contributed by atoms with Crippen molar-refractivity contribution in [2.75, 3.05) is 12.4 Å². The maximum Gasteiger partial charge on any atom is 0.123 e. The van der Waals surface area contributed by atoms with E-state index in [2.05, 4.69) is 11.4 Å². The average molecular weight is 247 g/mol. The van der Waals surface area contributed by atoms with Gasteiger partial charge in [0.05, 0.1) is 7.11 Å². The van der Waals surface area contributed by atoms with Gasteiger partial charge < -0.3 is 10.1 Å². The van der Waals surface area contributed by atoms with Crippen LogP contribution in [0.5, 0.6) is 5.75 Å². The maximum absolute atomic E-state index is 5.96. The lowest BCUT2D eigenvalue weighted by molar-refractivity contribution is 0.410. The summed E-state index contributed by atoms with van der Waals surface area (Å²) in [5, 5.41) is 3.98. The lowest BCUT2D eigenvalue weighted by atomic mass is 10.2. The van der Waals surface area contributed by atoms with Crippen LogP contribution in [0.3, 0.4) is 0 Å². The fourth-order valence-corrected chi connectivity index (χ4v) is 1.77. The Bertz CT molecular complexity index is 485. The molecule has 0 spiro atoms. The predicted molar refractivity (Wildman–Crippen MR) is 70.6 cm³/mol. The minimum absolute atomic E-state index is 0.657. The summed E-state index contributed by atoms with van der Waals surface area (Å²) in [4.78, 5) is 0. The first-order chi connectivity index (χ1) is 8.29. The van der Waals surface area contributed by atoms with Gasteiger partial charge in [0.1, 0.15) is 5.75 Å². The van der Waals surface area contributed by atoms with Crippen molar-refractivity contribution in [2.24, 2.45) is 0 Å². The van der Waals surface area contributed by atoms with Crippen LogP contribution >= 0.6 is 11.6 Å². The molecule has 1 N–H and O–H groups in total. The van der Waals surface area contributed by atoms with E-state index in [0.29, 0.717) is 11.6 Å². The highest BCUT2D eigenvalue weighted by molar-refractivity contribution is 6.30. The fourth-order valence-electron chi connectivity index (χ4n) is 1.58. The van der Waals surface area contributed by atoms with Gasteiger partial charge in [-0.05, 0) is 24.3 Å². The van der Waals surface area contributed by atoms with Gasteiger partial charge in [0.15, 0.2) is 0 Å². The van der Waals surface area contributed by atoms with Crippen LogP contribution in [0.15, 0.2) is 42.5 Å². The standard InChI is InChI=1S/C14H13ClNO/c1-17-14-8-7-12(15)9-11(14)10-16-13-5-3-2-4-6-13/h2-5,7-9,16H,10H2,1H3. The second kappa shape index (κ2) is 5.60. The topological polar surface area (TPSA) is 21.3 Å². The molecule has 0 aliphatic heterocycles. The molecule has 0 aromatic heterocycles. The van der Waals surface area contributed by atoms with Crippen LogP contribution in [0.25, 0.3) is 0 Å². The summed E-state index contributed by atoms with van der Waals surface area (Å²) in [6, 6.07) is 16.4. The van der Waals surface area contributed by atoms with Crippen LogP contribution in [0.1, 0.15) is 5.56 Å². The van der Waals surface area contributed by atoms with Crippen molar-refractivity contribution in [1.29, 1.82) is 0 Å². The highest BCUT2D eigenvalue weighted by atomic mass is 35.5. The second-order valence-electron chi connectivity index (χ2n) is 3.59. The highest BCUT2D eigenvalue weighted by Gasteiger charge is 2.03. The first-order valence-corrected chi connectivity index (χ1v) is 5.70. The Labute approximate surface area is 106 Å². The Morgan fingerprint density at radius 3 is 2.88 bits per heavy atom. The summed E-state index contributed by atoms with van der Waals surface area (Å²) in [5.74, 6) is 0.831. The number of anilines is 1. The summed E-state index contributed by atoms with van der Waals surface area (Å²) in [7, 11) is 1.65. The van der Waals surface area contributed by atoms with Gasteiger partial charge >= 0.3 is 0 Å². The van der Waals surface area contributed by atoms with E-state index in [0.717, 1.165) is 17.0 Å². The van der Waals surface area contributed by atoms with Crippen molar-refractivity contribution < 1.29 is 4.74 Å². The van der Waals surface area contributed by atoms with E-state index in [1.807, 2.05) is 42.5 Å². The first-order valence-electron chi connectivity index (χ1n) is 5.32. The lowest BCUT2D eigenvalue weighted by Crippen LogP contribution is -2.01. The molecule has 2 aromatic carbocycles. The summed E-state index contributed by atoms with van der Waals surface area (Å²) < 4.78 is 5.28. The number of nitrogens with one attached hydrogen (secondary N) is 1. The third kappa shape index (κ3) is 3.14. The molecule has 87 valence electrons. The lowest BCUT2D eigenvalue weighted by Gasteiger charge is -2.10. The zero-order valence-electron chi connectivity index (χ0n) is 9.53. The molecular formula is C14H13ClNO. The minimum atomic E-state index is 0.657. The van der Waals surface area contributed by atoms with Crippen LogP contribution in [-0.4, -0.2) is 7.11 Å². The molecule has 0 unspecified atom stereocenters. The number of methoxy groups -OCH3 is 1. The first kappa shape index (κ1) is 11.8. The molecule has 0 bridgehead atoms. The molecule has 0 aliphatic rings. The minimum Gasteiger partial charge on any atom is -0.496 e. The van der Waals surface area contributed by atoms with E-state index in [-0.39, 0.29) is 0 Å². The van der Waals surface area contributed by atoms with Gasteiger partial charge in [-0.15, -0.1) is 0 Å². The highest BCUT2D eigenvalue weighted by Crippen LogP contribution is 2.23. The molecule has 2 aromatic rings. The van der Waals surface area contributed by atoms with Crippen molar-refractivity contribution in [2.45, 2.75) is 6.54 Å². The Morgan fingerprint density at radius 2 is 2.18 bits per heavy atom. The molecule has 0 amide bonds. The molecule has 17 heavy (non-hydrogen) atoms. The number of halogens is 1. The monoisotopic (exact) mass is 246 g/mol. The van der Waals surface area contributed by atoms with Crippen LogP contribution in [0.2, 0.25) is 5.02 Å². The number of para-hydroxylation sites is 1. The predicted octanol–water partition coefficient (Wildman–Crippen LogP) is 3.76. The number of ether oxygens (including phenoxy) is 1. The summed E-state index contributed by atoms with van der Waals surface area (Å²) in [6.45, 7) is 0.657. The van der Waals surface area contributed by atoms with Gasteiger partial charge in [-0.3, -0.25) is 0 Å². The van der Waals surface area contributed by atoms with Crippen molar-refractivity contribution in [1.82, 2.24) is 0 Å². The maximum atomic E-state index is 5.96. The Morgan fingerprint density at radius 1 is 1.29 bits per heavy atom. The molecule has 1 radical (unpaired) electrons. The Kier molecular flexibility index (Phi) is 3.89. The largest absolute Gasteiger partial charge is 0.496 e. The van der Waals surface area contributed by atoms with Crippen molar-refractivity contribution in [3.63, 3.8) is 0 Å². The SMILES string of the molecule is COc1ccc(Cl)cc1CNc1[c]cccc1. The van der Waals surface area contributed by atoms with E-state index in [4.69, 9.17) is 16.3 Å². The van der Waals surface area contributed by atoms with Crippen LogP contribution in [-0.2, 0) is 6.54 Å². The summed E-state index contributed by atoms with van der Waals surface area (Å²) in [5.41, 5.74) is 1.98. The molecule has 0 saturated heterocycles. The smallest absolute Gasteiger partial charge is 0.123 e. The molecule has 2 rings (SSSR count). The van der Waals surface area contributed by atoms with E-state index >= 15 is 0 Å². The van der Waals surface area contributed by atoms with Crippen LogP contribution in [0.4, 0.5) is 5.69 Å². The summed E-state index contributed by atoms with van der Waals surface area (Å²) in [6.07, 6.45) is 0. The normalized spacial score (nSPS) is 10.0. The van der Waals surface area contributed by atoms with Gasteiger partial charge in [0.2, 0.25) is 0 Å². The molecule has 0 heterocycles. The van der Waals surface area contributed by atoms with Crippen LogP contribution < -0.4 is 10.1 Å². The molecular weight excluding hydrogens is 234 g/mol. The zero-order chi connectivity index (χ0) is 12.1. The number of hydrogen-bond acceptors (Lipinski definition) is 2. The molecule has 0 saturated carbocycles. The molecule has 2 nitrogen and oxygen atoms in total. The van der Waals surface area contributed by atoms with E-state index < -0.39 is 0 Å². The molecule has 0 fully saturated rings. The Balaban J connectivity index is 2.11. The summed E-state index contributed by atoms with van der Waals surface area (Å²) >= 11 is 5.96. The quantitative estimate of drug-likeness (QED) is 0.887. The number of rotatable bonds is 4. The second-order valence-corrected chi connectivity index (χ2v) is 4.02. The molecule has 0 aliphatic carbocycles. The van der Waals surface area contributed by atoms with E-state index in [1.165, 1.54) is 0 Å². The third-order valence-electron chi connectivity index (χ3n) is 2.42. The fraction of sp³-hybridized carbons (Fsp3) is 0.143. The van der Waals surface area contributed by atoms with E-state index in [9.17, 15) is 0 Å². The van der Waals surface area contributed by atoms with Gasteiger partial charge in [0.25, 0.3) is 0 Å². The van der Waals surface area contributed by atoms with Crippen LogP contribution in [0, 0.1) is 6.07 Å². The number of hydrogen-bond donors (Lipinski definition) is 1. The van der Waals surface area contributed by atoms with Gasteiger partial charge in [-0.2, -0.15) is 0 Å². The van der Waals surface area contributed by atoms with E-state index in [1.54, 1.807) is 7.11 Å². The average Bonchev–Trinajstić information content (AvgIpc) is 2.38. The van der Waals surface area contributed by atoms with Crippen molar-refractivity contribution >= 4 is 17.3 Å². The third-order valence-corrected chi connectivity index (χ3v) is 2.66. The van der Waals surface area contributed by atoms with Gasteiger partial charge in [-0.1, -0.05) is 29.8 Å². The number of benzene rings is 2. The van der Waals surface area contributed by atoms with Crippen molar-refractivity contribution in [3.8, 4) is 5.75 Å². The Hall–Kier alpha value is -1.67.